The monoisotopic (exact) mass is 1650 g/mol. The fourth-order valence-electron chi connectivity index (χ4n) is 22.4. The van der Waals surface area contributed by atoms with Crippen LogP contribution in [0, 0.1) is 72.2 Å². The third kappa shape index (κ3) is 13.3. The molecule has 15 aromatic rings. The molecule has 0 amide bonds. The zero-order valence-electron chi connectivity index (χ0n) is 72.9. The van der Waals surface area contributed by atoms with E-state index in [-0.39, 0.29) is 66.9 Å². The van der Waals surface area contributed by atoms with Crippen molar-refractivity contribution in [2.45, 2.75) is 181 Å². The fraction of sp³-hybridized carbons (Fsp3) is 0.270. The topological polar surface area (TPSA) is 4.93 Å². The van der Waals surface area contributed by atoms with Gasteiger partial charge in [-0.25, -0.2) is 35.1 Å². The summed E-state index contributed by atoms with van der Waals surface area (Å²) in [5.41, 5.74) is 33.9. The molecule has 0 N–H and O–H groups in total. The smallest absolute Gasteiger partial charge is 0.167 e. The molecule has 0 saturated heterocycles. The summed E-state index contributed by atoms with van der Waals surface area (Å²) in [6.07, 6.45) is 9.69. The number of nitrogens with zero attached hydrogens (tertiary/aromatic N) is 1. The molecule has 14 aromatic carbocycles. The third-order valence-corrected chi connectivity index (χ3v) is 29.6. The van der Waals surface area contributed by atoms with E-state index in [0.717, 1.165) is 57.8 Å². The van der Waals surface area contributed by atoms with E-state index in [9.17, 15) is 35.1 Å². The van der Waals surface area contributed by atoms with Crippen molar-refractivity contribution in [1.29, 1.82) is 0 Å². The molecule has 0 unspecified atom stereocenters. The summed E-state index contributed by atoms with van der Waals surface area (Å²) >= 11 is 0. The minimum atomic E-state index is -1.15. The molecule has 6 aliphatic rings. The Labute approximate surface area is 724 Å². The third-order valence-electron chi connectivity index (χ3n) is 29.6. The normalized spacial score (nSPS) is 17.9. The maximum absolute atomic E-state index is 14.7. The second-order valence-electron chi connectivity index (χ2n) is 38.4. The standard InChI is InChI=1S/C73H59N.C22H24F4.C20H20F4/c1-70(2)60-22-14-10-18-48(60)52-30-26-42(38-64(52)70)46-34-56(44-28-32-54-50-20-12-16-24-62(50)72(5,6)66(54)40-44)68-58(36-46)59-37-47(43-27-31-53-49-19-11-15-23-61(49)71(3,4)65(53)39-43)35-57(69(59)74(68)9)45-29-33-55-51-21-13-17-25-63(51)73(7,8)67(55)41-45;1-3-4-14-6-8-15(9-7-14)16-11-12-18(22(26)20(16)24)17-10-5-13(2)19(23)21(17)25;1-11-3-6-13(7-4-11)14-9-10-16(20(24)18(14)22)15-8-5-12(2)17(21)19(15)23/h10-41H,1-9H3;5,10-12,14-15H,3-4,6-9H2,1-2H3;5,8-11,13H,3-4,6-7H2,1-2H3. The highest BCUT2D eigenvalue weighted by molar-refractivity contribution is 6.19. The molecule has 1 aromatic heterocycles. The SMILES string of the molecule is CCCC1CCC(c2ccc(-c3ccc(C)c(F)c3F)c(F)c2F)CC1.Cc1ccc(-c2ccc(C3CCC(C)CC3)c(F)c2F)c(F)c1F.Cn1c2c(-c3ccc4c(c3)C(C)(C)c3ccccc3-4)cc(-c3ccc4c(c3)C(C)(C)c3ccccc3-4)cc2c2cc(-c3ccc4c(c3)C(C)(C)c3ccccc3-4)cc(-c3ccc4c(c3)C(C)(C)c3ccccc3-4)c21. The summed E-state index contributed by atoms with van der Waals surface area (Å²) in [5, 5.41) is 2.54. The van der Waals surface area contributed by atoms with Gasteiger partial charge in [0.25, 0.3) is 0 Å². The predicted molar refractivity (Wildman–Crippen MR) is 495 cm³/mol. The van der Waals surface area contributed by atoms with Crippen molar-refractivity contribution < 1.29 is 35.1 Å². The summed E-state index contributed by atoms with van der Waals surface area (Å²) in [5.74, 6) is -7.15. The zero-order valence-corrected chi connectivity index (χ0v) is 72.9. The van der Waals surface area contributed by atoms with Crippen molar-refractivity contribution >= 4 is 21.8 Å². The Morgan fingerprint density at radius 2 is 0.556 bits per heavy atom. The van der Waals surface area contributed by atoms with Gasteiger partial charge in [-0.2, -0.15) is 0 Å². The molecule has 1 nitrogen and oxygen atoms in total. The summed E-state index contributed by atoms with van der Waals surface area (Å²) in [6, 6.07) is 86.3. The van der Waals surface area contributed by atoms with Gasteiger partial charge in [-0.3, -0.25) is 0 Å². The number of rotatable bonds is 10. The lowest BCUT2D eigenvalue weighted by Gasteiger charge is -2.29. The van der Waals surface area contributed by atoms with E-state index in [1.807, 2.05) is 0 Å². The number of halogens is 8. The van der Waals surface area contributed by atoms with Crippen molar-refractivity contribution in [3.05, 3.63) is 356 Å². The van der Waals surface area contributed by atoms with Gasteiger partial charge in [0.1, 0.15) is 0 Å². The minimum absolute atomic E-state index is 0.00810. The van der Waals surface area contributed by atoms with Gasteiger partial charge >= 0.3 is 0 Å². The van der Waals surface area contributed by atoms with E-state index in [4.69, 9.17) is 0 Å². The largest absolute Gasteiger partial charge is 0.343 e. The summed E-state index contributed by atoms with van der Waals surface area (Å²) in [7, 11) is 2.32. The highest BCUT2D eigenvalue weighted by atomic mass is 19.2. The van der Waals surface area contributed by atoms with E-state index in [1.165, 1.54) is 224 Å². The molecular weight excluding hydrogens is 1550 g/mol. The molecule has 9 heteroatoms. The Hall–Kier alpha value is -11.7. The Bertz CT molecular complexity index is 6610. The highest BCUT2D eigenvalue weighted by Crippen LogP contribution is 2.57. The fourth-order valence-corrected chi connectivity index (χ4v) is 22.4. The molecule has 6 aliphatic carbocycles. The van der Waals surface area contributed by atoms with Crippen LogP contribution in [0.1, 0.15) is 212 Å². The molecule has 0 atom stereocenters. The average molecular weight is 1650 g/mol. The number of aryl methyl sites for hydroxylation is 3. The van der Waals surface area contributed by atoms with Crippen molar-refractivity contribution in [3.63, 3.8) is 0 Å². The molecule has 624 valence electrons. The van der Waals surface area contributed by atoms with Gasteiger partial charge in [0.2, 0.25) is 0 Å². The van der Waals surface area contributed by atoms with E-state index >= 15 is 0 Å². The molecule has 1 heterocycles. The molecule has 2 fully saturated rings. The number of benzene rings is 14. The van der Waals surface area contributed by atoms with Gasteiger partial charge < -0.3 is 4.57 Å². The second-order valence-corrected chi connectivity index (χ2v) is 38.4. The van der Waals surface area contributed by atoms with Gasteiger partial charge in [0, 0.05) is 72.9 Å². The first-order valence-electron chi connectivity index (χ1n) is 44.4. The van der Waals surface area contributed by atoms with Gasteiger partial charge in [-0.15, -0.1) is 0 Å². The van der Waals surface area contributed by atoms with Crippen LogP contribution < -0.4 is 0 Å². The Kier molecular flexibility index (Phi) is 20.4. The first kappa shape index (κ1) is 82.0. The number of hydrogen-bond acceptors (Lipinski definition) is 0. The second kappa shape index (κ2) is 30.9. The molecule has 124 heavy (non-hydrogen) atoms. The van der Waals surface area contributed by atoms with Crippen molar-refractivity contribution in [2.75, 3.05) is 0 Å². The van der Waals surface area contributed by atoms with Gasteiger partial charge in [-0.1, -0.05) is 289 Å². The lowest BCUT2D eigenvalue weighted by Crippen LogP contribution is -2.15. The van der Waals surface area contributed by atoms with Crippen molar-refractivity contribution in [2.24, 2.45) is 18.9 Å². The summed E-state index contributed by atoms with van der Waals surface area (Å²) in [4.78, 5) is 0. The Morgan fingerprint density at radius 1 is 0.274 bits per heavy atom. The van der Waals surface area contributed by atoms with Crippen molar-refractivity contribution in [1.82, 2.24) is 4.57 Å². The zero-order chi connectivity index (χ0) is 86.6. The first-order valence-corrected chi connectivity index (χ1v) is 44.4. The van der Waals surface area contributed by atoms with E-state index < -0.39 is 46.5 Å². The quantitative estimate of drug-likeness (QED) is 0.120. The number of aromatic nitrogens is 1. The van der Waals surface area contributed by atoms with Gasteiger partial charge in [0.15, 0.2) is 46.5 Å². The number of hydrogen-bond donors (Lipinski definition) is 0. The maximum Gasteiger partial charge on any atom is 0.167 e. The lowest BCUT2D eigenvalue weighted by atomic mass is 9.77. The molecular formula is C115H103F8N. The van der Waals surface area contributed by atoms with Gasteiger partial charge in [-0.05, 0) is 269 Å². The minimum Gasteiger partial charge on any atom is -0.343 e. The average Bonchev–Trinajstić information content (AvgIpc) is 1.56. The number of fused-ring (bicyclic) bond motifs is 15. The summed E-state index contributed by atoms with van der Waals surface area (Å²) in [6.45, 7) is 26.3. The maximum atomic E-state index is 14.7. The molecule has 21 rings (SSSR count). The van der Waals surface area contributed by atoms with Crippen LogP contribution in [0.4, 0.5) is 35.1 Å². The van der Waals surface area contributed by atoms with E-state index in [2.05, 4.69) is 275 Å². The summed E-state index contributed by atoms with van der Waals surface area (Å²) < 4.78 is 117. The Morgan fingerprint density at radius 3 is 0.895 bits per heavy atom. The van der Waals surface area contributed by atoms with Crippen LogP contribution >= 0.6 is 0 Å². The molecule has 0 bridgehead atoms. The van der Waals surface area contributed by atoms with Crippen LogP contribution in [0.3, 0.4) is 0 Å². The molecule has 0 aliphatic heterocycles. The molecule has 0 radical (unpaired) electrons. The van der Waals surface area contributed by atoms with Gasteiger partial charge in [0.05, 0.1) is 11.0 Å². The highest BCUT2D eigenvalue weighted by Gasteiger charge is 2.41. The first-order chi connectivity index (χ1) is 59.4. The van der Waals surface area contributed by atoms with Crippen LogP contribution in [0.2, 0.25) is 0 Å². The molecule has 2 saturated carbocycles. The van der Waals surface area contributed by atoms with Crippen molar-refractivity contribution in [3.8, 4) is 111 Å². The van der Waals surface area contributed by atoms with Crippen LogP contribution in [-0.2, 0) is 28.7 Å². The van der Waals surface area contributed by atoms with Crippen LogP contribution in [0.5, 0.6) is 0 Å². The van der Waals surface area contributed by atoms with Crippen LogP contribution in [0.25, 0.3) is 133 Å². The van der Waals surface area contributed by atoms with Crippen LogP contribution in [-0.4, -0.2) is 4.57 Å². The van der Waals surface area contributed by atoms with E-state index in [0.29, 0.717) is 23.0 Å². The Balaban J connectivity index is 0.000000164. The molecule has 0 spiro atoms. The van der Waals surface area contributed by atoms with Crippen LogP contribution in [0.15, 0.2) is 243 Å². The lowest BCUT2D eigenvalue weighted by molar-refractivity contribution is 0.303. The predicted octanol–water partition coefficient (Wildman–Crippen LogP) is 33.0. The van der Waals surface area contributed by atoms with E-state index in [1.54, 1.807) is 0 Å².